The maximum atomic E-state index is 12.6. The molecule has 0 fully saturated rings. The van der Waals surface area contributed by atoms with Crippen LogP contribution in [0.2, 0.25) is 0 Å². The number of rotatable bonds is 2. The fourth-order valence-electron chi connectivity index (χ4n) is 3.01. The number of benzene rings is 1. The van der Waals surface area contributed by atoms with Crippen LogP contribution in [0.15, 0.2) is 48.7 Å². The molecular formula is C18H17N3O2. The van der Waals surface area contributed by atoms with Crippen LogP contribution < -0.4 is 10.1 Å². The highest BCUT2D eigenvalue weighted by atomic mass is 16.5. The molecule has 3 heterocycles. The summed E-state index contributed by atoms with van der Waals surface area (Å²) in [5.74, 6) is 0.751. The Bertz CT molecular complexity index is 885. The van der Waals surface area contributed by atoms with Crippen molar-refractivity contribution in [3.05, 3.63) is 65.6 Å². The number of hydrogen-bond donors (Lipinski definition) is 1. The van der Waals surface area contributed by atoms with Crippen molar-refractivity contribution in [2.75, 3.05) is 6.61 Å². The fourth-order valence-corrected chi connectivity index (χ4v) is 3.01. The van der Waals surface area contributed by atoms with Crippen molar-refractivity contribution >= 4 is 11.6 Å². The van der Waals surface area contributed by atoms with E-state index < -0.39 is 0 Å². The van der Waals surface area contributed by atoms with Crippen LogP contribution in [0.4, 0.5) is 0 Å². The molecule has 0 aliphatic carbocycles. The van der Waals surface area contributed by atoms with Crippen molar-refractivity contribution in [2.24, 2.45) is 0 Å². The number of aromatic nitrogens is 2. The molecule has 5 heteroatoms. The number of amides is 1. The minimum atomic E-state index is -0.154. The first-order valence-electron chi connectivity index (χ1n) is 7.67. The van der Waals surface area contributed by atoms with E-state index in [0.717, 1.165) is 29.1 Å². The Morgan fingerprint density at radius 3 is 2.96 bits per heavy atom. The van der Waals surface area contributed by atoms with Crippen molar-refractivity contribution in [1.82, 2.24) is 14.7 Å². The van der Waals surface area contributed by atoms with Crippen LogP contribution in [0.25, 0.3) is 5.65 Å². The third kappa shape index (κ3) is 2.44. The van der Waals surface area contributed by atoms with Crippen molar-refractivity contribution in [2.45, 2.75) is 19.4 Å². The van der Waals surface area contributed by atoms with Gasteiger partial charge in [-0.25, -0.2) is 4.98 Å². The third-order valence-electron chi connectivity index (χ3n) is 4.20. The first-order valence-corrected chi connectivity index (χ1v) is 7.67. The summed E-state index contributed by atoms with van der Waals surface area (Å²) in [4.78, 5) is 17.0. The number of nitrogens with one attached hydrogen (secondary N) is 1. The quantitative estimate of drug-likeness (QED) is 0.791. The number of pyridine rings is 1. The van der Waals surface area contributed by atoms with Gasteiger partial charge in [0, 0.05) is 6.20 Å². The number of nitrogens with zero attached hydrogens (tertiary/aromatic N) is 2. The molecule has 1 aliphatic heterocycles. The fraction of sp³-hybridized carbons (Fsp3) is 0.222. The molecule has 1 aromatic carbocycles. The second-order valence-electron chi connectivity index (χ2n) is 5.77. The summed E-state index contributed by atoms with van der Waals surface area (Å²) in [5.41, 5.74) is 3.21. The van der Waals surface area contributed by atoms with Gasteiger partial charge in [0.1, 0.15) is 23.7 Å². The number of hydrogen-bond acceptors (Lipinski definition) is 3. The molecule has 23 heavy (non-hydrogen) atoms. The Morgan fingerprint density at radius 1 is 1.26 bits per heavy atom. The van der Waals surface area contributed by atoms with E-state index in [4.69, 9.17) is 4.74 Å². The van der Waals surface area contributed by atoms with Gasteiger partial charge in [0.05, 0.1) is 11.7 Å². The van der Waals surface area contributed by atoms with Gasteiger partial charge < -0.3 is 14.5 Å². The number of para-hydroxylation sites is 1. The molecule has 116 valence electrons. The SMILES string of the molecule is Cc1c(C(=O)NC2COc3ccccc3C2)nc2ccccn12. The molecule has 4 rings (SSSR count). The molecule has 0 saturated heterocycles. The molecule has 1 amide bonds. The molecule has 2 aromatic heterocycles. The van der Waals surface area contributed by atoms with E-state index in [-0.39, 0.29) is 11.9 Å². The lowest BCUT2D eigenvalue weighted by molar-refractivity contribution is 0.0910. The van der Waals surface area contributed by atoms with Crippen LogP contribution in [-0.2, 0) is 6.42 Å². The van der Waals surface area contributed by atoms with E-state index in [1.165, 1.54) is 0 Å². The van der Waals surface area contributed by atoms with Gasteiger partial charge in [-0.3, -0.25) is 4.79 Å². The van der Waals surface area contributed by atoms with Gasteiger partial charge in [-0.15, -0.1) is 0 Å². The molecule has 1 atom stereocenters. The molecule has 1 aliphatic rings. The monoisotopic (exact) mass is 307 g/mol. The van der Waals surface area contributed by atoms with E-state index in [0.29, 0.717) is 12.3 Å². The molecule has 1 unspecified atom stereocenters. The minimum absolute atomic E-state index is 0.0402. The lowest BCUT2D eigenvalue weighted by Gasteiger charge is -2.25. The number of carbonyl (C=O) groups is 1. The minimum Gasteiger partial charge on any atom is -0.491 e. The normalized spacial score (nSPS) is 16.7. The molecule has 5 nitrogen and oxygen atoms in total. The van der Waals surface area contributed by atoms with Crippen LogP contribution in [0.5, 0.6) is 5.75 Å². The molecule has 1 N–H and O–H groups in total. The number of aryl methyl sites for hydroxylation is 1. The molecule has 3 aromatic rings. The molecule has 0 bridgehead atoms. The summed E-state index contributed by atoms with van der Waals surface area (Å²) >= 11 is 0. The first-order chi connectivity index (χ1) is 11.2. The van der Waals surface area contributed by atoms with Crippen molar-refractivity contribution in [1.29, 1.82) is 0 Å². The van der Waals surface area contributed by atoms with Crippen LogP contribution in [-0.4, -0.2) is 27.9 Å². The summed E-state index contributed by atoms with van der Waals surface area (Å²) in [6.07, 6.45) is 2.68. The zero-order chi connectivity index (χ0) is 15.8. The van der Waals surface area contributed by atoms with E-state index in [2.05, 4.69) is 10.3 Å². The lowest BCUT2D eigenvalue weighted by atomic mass is 10.0. The van der Waals surface area contributed by atoms with E-state index in [9.17, 15) is 4.79 Å². The highest BCUT2D eigenvalue weighted by Crippen LogP contribution is 2.24. The number of imidazole rings is 1. The second-order valence-corrected chi connectivity index (χ2v) is 5.77. The third-order valence-corrected chi connectivity index (χ3v) is 4.20. The average Bonchev–Trinajstić information content (AvgIpc) is 2.92. The lowest BCUT2D eigenvalue weighted by Crippen LogP contribution is -2.43. The zero-order valence-corrected chi connectivity index (χ0v) is 12.8. The van der Waals surface area contributed by atoms with Crippen LogP contribution in [0, 0.1) is 6.92 Å². The van der Waals surface area contributed by atoms with Gasteiger partial charge in [0.15, 0.2) is 0 Å². The summed E-state index contributed by atoms with van der Waals surface area (Å²) in [5, 5.41) is 3.04. The van der Waals surface area contributed by atoms with Crippen molar-refractivity contribution in [3.63, 3.8) is 0 Å². The van der Waals surface area contributed by atoms with Crippen molar-refractivity contribution < 1.29 is 9.53 Å². The topological polar surface area (TPSA) is 55.6 Å². The summed E-state index contributed by atoms with van der Waals surface area (Å²) < 4.78 is 7.64. The summed E-state index contributed by atoms with van der Waals surface area (Å²) in [6.45, 7) is 2.39. The zero-order valence-electron chi connectivity index (χ0n) is 12.8. The van der Waals surface area contributed by atoms with E-state index >= 15 is 0 Å². The van der Waals surface area contributed by atoms with Gasteiger partial charge in [0.2, 0.25) is 0 Å². The van der Waals surface area contributed by atoms with Gasteiger partial charge in [-0.2, -0.15) is 0 Å². The van der Waals surface area contributed by atoms with Crippen LogP contribution in [0.1, 0.15) is 21.7 Å². The molecule has 0 radical (unpaired) electrons. The standard InChI is InChI=1S/C18H17N3O2/c1-12-17(20-16-8-4-5-9-21(12)16)18(22)19-14-10-13-6-2-3-7-15(13)23-11-14/h2-9,14H,10-11H2,1H3,(H,19,22). The number of carbonyl (C=O) groups excluding carboxylic acids is 1. The Balaban J connectivity index is 1.55. The second kappa shape index (κ2) is 5.43. The number of ether oxygens (including phenoxy) is 1. The smallest absolute Gasteiger partial charge is 0.272 e. The Labute approximate surface area is 133 Å². The molecule has 0 saturated carbocycles. The van der Waals surface area contributed by atoms with E-state index in [1.807, 2.05) is 60.0 Å². The highest BCUT2D eigenvalue weighted by molar-refractivity contribution is 5.94. The molecular weight excluding hydrogens is 290 g/mol. The van der Waals surface area contributed by atoms with Crippen LogP contribution >= 0.6 is 0 Å². The predicted octanol–water partition coefficient (Wildman–Crippen LogP) is 2.38. The molecule has 0 spiro atoms. The number of fused-ring (bicyclic) bond motifs is 2. The largest absolute Gasteiger partial charge is 0.491 e. The maximum Gasteiger partial charge on any atom is 0.272 e. The highest BCUT2D eigenvalue weighted by Gasteiger charge is 2.23. The Morgan fingerprint density at radius 2 is 2.09 bits per heavy atom. The maximum absolute atomic E-state index is 12.6. The van der Waals surface area contributed by atoms with E-state index in [1.54, 1.807) is 0 Å². The van der Waals surface area contributed by atoms with Crippen LogP contribution in [0.3, 0.4) is 0 Å². The average molecular weight is 307 g/mol. The van der Waals surface area contributed by atoms with Gasteiger partial charge in [-0.1, -0.05) is 24.3 Å². The van der Waals surface area contributed by atoms with Crippen molar-refractivity contribution in [3.8, 4) is 5.75 Å². The van der Waals surface area contributed by atoms with Gasteiger partial charge >= 0.3 is 0 Å². The Hall–Kier alpha value is -2.82. The first kappa shape index (κ1) is 13.8. The Kier molecular flexibility index (Phi) is 3.26. The van der Waals surface area contributed by atoms with Gasteiger partial charge in [-0.05, 0) is 37.1 Å². The van der Waals surface area contributed by atoms with Gasteiger partial charge in [0.25, 0.3) is 5.91 Å². The predicted molar refractivity (Wildman–Crippen MR) is 86.8 cm³/mol. The summed E-state index contributed by atoms with van der Waals surface area (Å²) in [6, 6.07) is 13.6. The summed E-state index contributed by atoms with van der Waals surface area (Å²) in [7, 11) is 0.